The lowest BCUT2D eigenvalue weighted by Gasteiger charge is -2.12. The maximum absolute atomic E-state index is 11.7. The Hall–Kier alpha value is -1.79. The second kappa shape index (κ2) is 6.11. The van der Waals surface area contributed by atoms with Crippen LogP contribution in [0.4, 0.5) is 17.2 Å². The van der Waals surface area contributed by atoms with Gasteiger partial charge in [-0.15, -0.1) is 0 Å². The van der Waals surface area contributed by atoms with E-state index in [1.807, 2.05) is 0 Å². The number of nitrogens with two attached hydrogens (primary N) is 1. The van der Waals surface area contributed by atoms with Crippen molar-refractivity contribution in [2.24, 2.45) is 0 Å². The largest absolute Gasteiger partial charge is 0.465 e. The molecule has 1 aromatic carbocycles. The number of methoxy groups -OCH3 is 1. The van der Waals surface area contributed by atoms with Crippen LogP contribution in [0.1, 0.15) is 10.4 Å². The molecular formula is C13H11BrClN3O2. The first-order chi connectivity index (χ1) is 9.51. The zero-order valence-electron chi connectivity index (χ0n) is 10.5. The molecule has 20 heavy (non-hydrogen) atoms. The van der Waals surface area contributed by atoms with E-state index < -0.39 is 5.97 Å². The number of anilines is 3. The van der Waals surface area contributed by atoms with E-state index >= 15 is 0 Å². The van der Waals surface area contributed by atoms with Gasteiger partial charge in [-0.05, 0) is 40.2 Å². The Morgan fingerprint density at radius 2 is 2.20 bits per heavy atom. The van der Waals surface area contributed by atoms with Crippen molar-refractivity contribution in [2.75, 3.05) is 18.2 Å². The molecule has 5 nitrogen and oxygen atoms in total. The van der Waals surface area contributed by atoms with E-state index in [1.54, 1.807) is 18.2 Å². The molecule has 0 radical (unpaired) electrons. The lowest BCUT2D eigenvalue weighted by Crippen LogP contribution is -2.08. The number of nitrogens with one attached hydrogen (secondary N) is 1. The van der Waals surface area contributed by atoms with Crippen LogP contribution in [0.15, 0.2) is 34.9 Å². The lowest BCUT2D eigenvalue weighted by atomic mass is 10.2. The third kappa shape index (κ3) is 3.20. The van der Waals surface area contributed by atoms with Crippen molar-refractivity contribution in [1.82, 2.24) is 4.98 Å². The molecular weight excluding hydrogens is 346 g/mol. The molecule has 1 aromatic heterocycles. The van der Waals surface area contributed by atoms with Gasteiger partial charge in [-0.3, -0.25) is 0 Å². The minimum Gasteiger partial charge on any atom is -0.465 e. The number of ether oxygens (including phenoxy) is 1. The Morgan fingerprint density at radius 3 is 2.90 bits per heavy atom. The fraction of sp³-hybridized carbons (Fsp3) is 0.0769. The van der Waals surface area contributed by atoms with Gasteiger partial charge in [0, 0.05) is 9.50 Å². The summed E-state index contributed by atoms with van der Waals surface area (Å²) >= 11 is 9.34. The van der Waals surface area contributed by atoms with Gasteiger partial charge in [-0.2, -0.15) is 0 Å². The second-order valence-electron chi connectivity index (χ2n) is 3.91. The normalized spacial score (nSPS) is 10.2. The molecule has 0 saturated heterocycles. The highest BCUT2D eigenvalue weighted by Crippen LogP contribution is 2.29. The van der Waals surface area contributed by atoms with Gasteiger partial charge in [0.1, 0.15) is 11.4 Å². The Morgan fingerprint density at radius 1 is 1.45 bits per heavy atom. The van der Waals surface area contributed by atoms with Crippen molar-refractivity contribution in [3.63, 3.8) is 0 Å². The van der Waals surface area contributed by atoms with Crippen molar-refractivity contribution in [1.29, 1.82) is 0 Å². The standard InChI is InChI=1S/C13H11BrClN3O2/c1-20-13(19)9-5-8(16)6-17-12(9)18-11-4-7(15)2-3-10(11)14/h2-6H,16H2,1H3,(H,17,18). The van der Waals surface area contributed by atoms with Gasteiger partial charge in [0.05, 0.1) is 24.7 Å². The van der Waals surface area contributed by atoms with Crippen LogP contribution in [-0.4, -0.2) is 18.1 Å². The summed E-state index contributed by atoms with van der Waals surface area (Å²) < 4.78 is 5.50. The van der Waals surface area contributed by atoms with E-state index in [0.29, 0.717) is 22.2 Å². The van der Waals surface area contributed by atoms with Crippen LogP contribution in [-0.2, 0) is 4.74 Å². The molecule has 0 aliphatic rings. The molecule has 1 heterocycles. The Bertz CT molecular complexity index is 664. The number of carbonyl (C=O) groups excluding carboxylic acids is 1. The summed E-state index contributed by atoms with van der Waals surface area (Å²) in [4.78, 5) is 15.8. The Kier molecular flexibility index (Phi) is 4.46. The number of pyridine rings is 1. The van der Waals surface area contributed by atoms with E-state index in [0.717, 1.165) is 4.47 Å². The molecule has 0 aliphatic heterocycles. The van der Waals surface area contributed by atoms with Gasteiger partial charge in [0.15, 0.2) is 0 Å². The Balaban J connectivity index is 2.43. The number of rotatable bonds is 3. The summed E-state index contributed by atoms with van der Waals surface area (Å²) in [7, 11) is 1.30. The molecule has 104 valence electrons. The smallest absolute Gasteiger partial charge is 0.341 e. The zero-order chi connectivity index (χ0) is 14.7. The van der Waals surface area contributed by atoms with Gasteiger partial charge in [-0.25, -0.2) is 9.78 Å². The number of hydrogen-bond donors (Lipinski definition) is 2. The van der Waals surface area contributed by atoms with Crippen LogP contribution >= 0.6 is 27.5 Å². The van der Waals surface area contributed by atoms with Crippen molar-refractivity contribution in [2.45, 2.75) is 0 Å². The number of nitrogens with zero attached hydrogens (tertiary/aromatic N) is 1. The lowest BCUT2D eigenvalue weighted by molar-refractivity contribution is 0.0601. The number of halogens is 2. The predicted octanol–water partition coefficient (Wildman–Crippen LogP) is 3.61. The van der Waals surface area contributed by atoms with Crippen LogP contribution in [0.2, 0.25) is 5.02 Å². The molecule has 0 atom stereocenters. The molecule has 0 saturated carbocycles. The van der Waals surface area contributed by atoms with Gasteiger partial charge < -0.3 is 15.8 Å². The fourth-order valence-electron chi connectivity index (χ4n) is 1.57. The molecule has 0 aliphatic carbocycles. The Labute approximate surface area is 129 Å². The molecule has 2 aromatic rings. The minimum atomic E-state index is -0.523. The average Bonchev–Trinajstić information content (AvgIpc) is 2.43. The maximum Gasteiger partial charge on any atom is 0.341 e. The first kappa shape index (κ1) is 14.6. The molecule has 0 spiro atoms. The number of benzene rings is 1. The van der Waals surface area contributed by atoms with Crippen LogP contribution in [0, 0.1) is 0 Å². The molecule has 0 amide bonds. The van der Waals surface area contributed by atoms with E-state index in [9.17, 15) is 4.79 Å². The summed E-state index contributed by atoms with van der Waals surface area (Å²) in [5.41, 5.74) is 6.94. The van der Waals surface area contributed by atoms with Gasteiger partial charge in [0.25, 0.3) is 0 Å². The van der Waals surface area contributed by atoms with Crippen LogP contribution in [0.5, 0.6) is 0 Å². The minimum absolute atomic E-state index is 0.249. The van der Waals surface area contributed by atoms with E-state index in [1.165, 1.54) is 19.4 Å². The predicted molar refractivity (Wildman–Crippen MR) is 82.4 cm³/mol. The van der Waals surface area contributed by atoms with Crippen molar-refractivity contribution in [3.05, 3.63) is 45.5 Å². The molecule has 2 rings (SSSR count). The first-order valence-corrected chi connectivity index (χ1v) is 6.74. The summed E-state index contributed by atoms with van der Waals surface area (Å²) in [6.45, 7) is 0. The van der Waals surface area contributed by atoms with Gasteiger partial charge in [-0.1, -0.05) is 11.6 Å². The number of carbonyl (C=O) groups is 1. The van der Waals surface area contributed by atoms with Gasteiger partial charge >= 0.3 is 5.97 Å². The topological polar surface area (TPSA) is 77.2 Å². The summed E-state index contributed by atoms with van der Waals surface area (Å²) in [5.74, 6) is -0.181. The monoisotopic (exact) mass is 355 g/mol. The SMILES string of the molecule is COC(=O)c1cc(N)cnc1Nc1cc(Cl)ccc1Br. The molecule has 0 fully saturated rings. The average molecular weight is 357 g/mol. The quantitative estimate of drug-likeness (QED) is 0.822. The van der Waals surface area contributed by atoms with Crippen molar-refractivity contribution >= 4 is 50.7 Å². The van der Waals surface area contributed by atoms with Crippen LogP contribution in [0.25, 0.3) is 0 Å². The highest BCUT2D eigenvalue weighted by molar-refractivity contribution is 9.10. The summed E-state index contributed by atoms with van der Waals surface area (Å²) in [6.07, 6.45) is 1.45. The third-order valence-corrected chi connectivity index (χ3v) is 3.42. The van der Waals surface area contributed by atoms with Gasteiger partial charge in [0.2, 0.25) is 0 Å². The van der Waals surface area contributed by atoms with Crippen molar-refractivity contribution in [3.8, 4) is 0 Å². The van der Waals surface area contributed by atoms with E-state index in [4.69, 9.17) is 22.1 Å². The zero-order valence-corrected chi connectivity index (χ0v) is 12.8. The van der Waals surface area contributed by atoms with Crippen LogP contribution in [0.3, 0.4) is 0 Å². The maximum atomic E-state index is 11.7. The number of esters is 1. The highest BCUT2D eigenvalue weighted by atomic mass is 79.9. The molecule has 0 unspecified atom stereocenters. The van der Waals surface area contributed by atoms with Crippen molar-refractivity contribution < 1.29 is 9.53 Å². The second-order valence-corrected chi connectivity index (χ2v) is 5.20. The van der Waals surface area contributed by atoms with Crippen LogP contribution < -0.4 is 11.1 Å². The highest BCUT2D eigenvalue weighted by Gasteiger charge is 2.15. The number of nitrogen functional groups attached to an aromatic ring is 1. The number of aromatic nitrogens is 1. The first-order valence-electron chi connectivity index (χ1n) is 5.57. The molecule has 7 heteroatoms. The molecule has 0 bridgehead atoms. The number of hydrogen-bond acceptors (Lipinski definition) is 5. The van der Waals surface area contributed by atoms with E-state index in [2.05, 4.69) is 26.2 Å². The fourth-order valence-corrected chi connectivity index (χ4v) is 2.08. The summed E-state index contributed by atoms with van der Waals surface area (Å²) in [5, 5.41) is 3.59. The summed E-state index contributed by atoms with van der Waals surface area (Å²) in [6, 6.07) is 6.75. The molecule has 3 N–H and O–H groups in total. The third-order valence-electron chi connectivity index (χ3n) is 2.50. The van der Waals surface area contributed by atoms with E-state index in [-0.39, 0.29) is 5.56 Å².